The van der Waals surface area contributed by atoms with Gasteiger partial charge in [0.1, 0.15) is 0 Å². The number of aryl methyl sites for hydroxylation is 2. The summed E-state index contributed by atoms with van der Waals surface area (Å²) in [4.78, 5) is 31.8. The Labute approximate surface area is 139 Å². The maximum atomic E-state index is 11.7. The van der Waals surface area contributed by atoms with E-state index in [9.17, 15) is 9.59 Å². The molecule has 124 valence electrons. The molecule has 0 unspecified atom stereocenters. The first-order valence-electron chi connectivity index (χ1n) is 7.15. The van der Waals surface area contributed by atoms with Gasteiger partial charge in [-0.2, -0.15) is 5.26 Å². The summed E-state index contributed by atoms with van der Waals surface area (Å²) in [6.07, 6.45) is 2.77. The number of nitrogens with zero attached hydrogens (tertiary/aromatic N) is 3. The minimum Gasteiger partial charge on any atom is -0.456 e. The van der Waals surface area contributed by atoms with Gasteiger partial charge in [-0.25, -0.2) is 9.97 Å². The topological polar surface area (TPSA) is 105 Å². The molecule has 0 bridgehead atoms. The van der Waals surface area contributed by atoms with Gasteiger partial charge in [-0.05, 0) is 32.1 Å². The van der Waals surface area contributed by atoms with E-state index in [2.05, 4.69) is 15.3 Å². The Morgan fingerprint density at radius 3 is 2.52 bits per heavy atom. The number of nitriles is 1. The maximum Gasteiger partial charge on any atom is 0.306 e. The van der Waals surface area contributed by atoms with Crippen molar-refractivity contribution < 1.29 is 14.3 Å². The molecule has 1 rings (SSSR count). The number of hydrogen-bond acceptors (Lipinski definition) is 7. The molecule has 0 saturated carbocycles. The number of nitrogens with one attached hydrogen (secondary N) is 1. The Morgan fingerprint density at radius 2 is 1.96 bits per heavy atom. The molecule has 1 heterocycles. The van der Waals surface area contributed by atoms with Crippen LogP contribution < -0.4 is 5.32 Å². The molecule has 7 nitrogen and oxygen atoms in total. The van der Waals surface area contributed by atoms with Crippen LogP contribution in [0.25, 0.3) is 0 Å². The summed E-state index contributed by atoms with van der Waals surface area (Å²) >= 11 is 1.47. The van der Waals surface area contributed by atoms with Gasteiger partial charge in [-0.15, -0.1) is 0 Å². The minimum absolute atomic E-state index is 0.162. The number of ether oxygens (including phenoxy) is 1. The van der Waals surface area contributed by atoms with Gasteiger partial charge in [0.25, 0.3) is 5.91 Å². The number of hydrogen-bond donors (Lipinski definition) is 1. The van der Waals surface area contributed by atoms with Crippen LogP contribution in [0.3, 0.4) is 0 Å². The average molecular weight is 336 g/mol. The highest BCUT2D eigenvalue weighted by molar-refractivity contribution is 7.98. The van der Waals surface area contributed by atoms with Crippen molar-refractivity contribution >= 4 is 23.6 Å². The van der Waals surface area contributed by atoms with Gasteiger partial charge in [-0.1, -0.05) is 11.8 Å². The van der Waals surface area contributed by atoms with Crippen LogP contribution in [0.5, 0.6) is 0 Å². The molecule has 0 fully saturated rings. The van der Waals surface area contributed by atoms with Gasteiger partial charge in [0.05, 0.1) is 12.5 Å². The lowest BCUT2D eigenvalue weighted by atomic mass is 10.1. The van der Waals surface area contributed by atoms with E-state index in [0.717, 1.165) is 17.0 Å². The lowest BCUT2D eigenvalue weighted by Gasteiger charge is -2.10. The van der Waals surface area contributed by atoms with Gasteiger partial charge in [0.2, 0.25) is 0 Å². The summed E-state index contributed by atoms with van der Waals surface area (Å²) < 4.78 is 4.90. The van der Waals surface area contributed by atoms with E-state index in [1.807, 2.05) is 26.2 Å². The van der Waals surface area contributed by atoms with Gasteiger partial charge in [0, 0.05) is 24.4 Å². The number of carbonyl (C=O) groups is 2. The Balaban J connectivity index is 2.42. The molecular formula is C15H20N4O3S. The predicted octanol–water partition coefficient (Wildman–Crippen LogP) is 1.32. The number of thioether (sulfide) groups is 1. The molecule has 0 aliphatic carbocycles. The van der Waals surface area contributed by atoms with Crippen LogP contribution in [0.2, 0.25) is 0 Å². The lowest BCUT2D eigenvalue weighted by molar-refractivity contribution is -0.148. The summed E-state index contributed by atoms with van der Waals surface area (Å²) in [6, 6.07) is 1.91. The van der Waals surface area contributed by atoms with Crippen molar-refractivity contribution in [3.63, 3.8) is 0 Å². The van der Waals surface area contributed by atoms with Gasteiger partial charge < -0.3 is 10.1 Å². The van der Waals surface area contributed by atoms with Crippen molar-refractivity contribution in [2.75, 3.05) is 19.4 Å². The summed E-state index contributed by atoms with van der Waals surface area (Å²) in [5.41, 5.74) is 2.63. The molecule has 1 aromatic rings. The molecule has 0 saturated heterocycles. The van der Waals surface area contributed by atoms with Gasteiger partial charge in [-0.3, -0.25) is 9.59 Å². The van der Waals surface area contributed by atoms with E-state index in [1.165, 1.54) is 11.8 Å². The van der Waals surface area contributed by atoms with E-state index < -0.39 is 11.9 Å². The van der Waals surface area contributed by atoms with Crippen molar-refractivity contribution in [3.05, 3.63) is 17.0 Å². The lowest BCUT2D eigenvalue weighted by Crippen LogP contribution is -2.29. The summed E-state index contributed by atoms with van der Waals surface area (Å²) in [5, 5.41) is 11.5. The van der Waals surface area contributed by atoms with Gasteiger partial charge >= 0.3 is 5.97 Å². The van der Waals surface area contributed by atoms with Crippen LogP contribution in [0, 0.1) is 25.2 Å². The third-order valence-electron chi connectivity index (χ3n) is 3.09. The molecule has 23 heavy (non-hydrogen) atoms. The number of aromatic nitrogens is 2. The van der Waals surface area contributed by atoms with Crippen molar-refractivity contribution in [1.29, 1.82) is 5.26 Å². The van der Waals surface area contributed by atoms with Crippen molar-refractivity contribution in [3.8, 4) is 6.07 Å². The maximum absolute atomic E-state index is 11.7. The molecular weight excluding hydrogens is 316 g/mol. The Kier molecular flexibility index (Phi) is 8.05. The first-order valence-corrected chi connectivity index (χ1v) is 8.37. The normalized spacial score (nSPS) is 10.0. The summed E-state index contributed by atoms with van der Waals surface area (Å²) in [5.74, 6) is -0.859. The van der Waals surface area contributed by atoms with Crippen molar-refractivity contribution in [1.82, 2.24) is 15.3 Å². The Morgan fingerprint density at radius 1 is 1.30 bits per heavy atom. The molecule has 1 N–H and O–H groups in total. The fraction of sp³-hybridized carbons (Fsp3) is 0.533. The Bertz CT molecular complexity index is 590. The van der Waals surface area contributed by atoms with E-state index in [1.54, 1.807) is 0 Å². The number of carbonyl (C=O) groups excluding carboxylic acids is 2. The highest BCUT2D eigenvalue weighted by atomic mass is 32.2. The van der Waals surface area contributed by atoms with E-state index in [4.69, 9.17) is 10.00 Å². The summed E-state index contributed by atoms with van der Waals surface area (Å²) in [6.45, 7) is 3.70. The second-order valence-electron chi connectivity index (χ2n) is 4.78. The van der Waals surface area contributed by atoms with Crippen molar-refractivity contribution in [2.24, 2.45) is 0 Å². The molecule has 1 aromatic heterocycles. The Hall–Kier alpha value is -2.14. The standard InChI is InChI=1S/C15H20N4O3S/c1-10-12(11(2)19-15(18-10)23-3)5-6-14(21)22-9-13(20)17-8-4-7-16/h4-6,8-9H2,1-3H3,(H,17,20). The molecule has 0 atom stereocenters. The third-order valence-corrected chi connectivity index (χ3v) is 3.63. The van der Waals surface area contributed by atoms with Gasteiger partial charge in [0.15, 0.2) is 11.8 Å². The fourth-order valence-electron chi connectivity index (χ4n) is 1.92. The summed E-state index contributed by atoms with van der Waals surface area (Å²) in [7, 11) is 0. The monoisotopic (exact) mass is 336 g/mol. The largest absolute Gasteiger partial charge is 0.456 e. The fourth-order valence-corrected chi connectivity index (χ4v) is 2.37. The number of esters is 1. The first kappa shape index (κ1) is 18.9. The van der Waals surface area contributed by atoms with E-state index in [0.29, 0.717) is 11.6 Å². The highest BCUT2D eigenvalue weighted by Gasteiger charge is 2.12. The van der Waals surface area contributed by atoms with Crippen LogP contribution in [-0.4, -0.2) is 41.3 Å². The minimum atomic E-state index is -0.451. The smallest absolute Gasteiger partial charge is 0.306 e. The molecule has 8 heteroatoms. The quantitative estimate of drug-likeness (QED) is 0.330. The predicted molar refractivity (Wildman–Crippen MR) is 85.8 cm³/mol. The van der Waals surface area contributed by atoms with Crippen LogP contribution in [0.1, 0.15) is 29.8 Å². The van der Waals surface area contributed by atoms with Crippen molar-refractivity contribution in [2.45, 2.75) is 38.3 Å². The second-order valence-corrected chi connectivity index (χ2v) is 5.55. The molecule has 1 amide bonds. The molecule has 0 spiro atoms. The van der Waals surface area contributed by atoms with Crippen LogP contribution in [-0.2, 0) is 20.7 Å². The highest BCUT2D eigenvalue weighted by Crippen LogP contribution is 2.17. The first-order chi connectivity index (χ1) is 11.0. The van der Waals surface area contributed by atoms with E-state index >= 15 is 0 Å². The SMILES string of the molecule is CSc1nc(C)c(CCC(=O)OCC(=O)NCCC#N)c(C)n1. The number of amides is 1. The van der Waals surface area contributed by atoms with Crippen LogP contribution in [0.4, 0.5) is 0 Å². The molecule has 0 radical (unpaired) electrons. The zero-order valence-electron chi connectivity index (χ0n) is 13.5. The average Bonchev–Trinajstić information content (AvgIpc) is 2.52. The van der Waals surface area contributed by atoms with Crippen LogP contribution >= 0.6 is 11.8 Å². The third kappa shape index (κ3) is 6.65. The zero-order valence-corrected chi connectivity index (χ0v) is 14.3. The molecule has 0 aliphatic rings. The number of rotatable bonds is 8. The zero-order chi connectivity index (χ0) is 17.2. The molecule has 0 aliphatic heterocycles. The molecule has 0 aromatic carbocycles. The van der Waals surface area contributed by atoms with E-state index in [-0.39, 0.29) is 26.0 Å². The van der Waals surface area contributed by atoms with Crippen LogP contribution in [0.15, 0.2) is 5.16 Å². The second kappa shape index (κ2) is 9.79.